The van der Waals surface area contributed by atoms with Crippen LogP contribution < -0.4 is 18.9 Å². The SMILES string of the molecule is C=C(C(=O)OCCCCCCOc1ccc(C(=O)Oc2ccc(OC(=O)c3ccc(OCCCCCCOC(=O)C(=C)C(F)(F)F)cc3)c(C(F)(F)F)c2C)cc1)C(F)(F)F. The molecule has 0 unspecified atom stereocenters. The maximum atomic E-state index is 14.3. The Bertz CT molecular complexity index is 1990. The molecule has 0 heterocycles. The van der Waals surface area contributed by atoms with Crippen LogP contribution in [0.25, 0.3) is 0 Å². The summed E-state index contributed by atoms with van der Waals surface area (Å²) in [4.78, 5) is 48.3. The van der Waals surface area contributed by atoms with E-state index in [0.717, 1.165) is 19.1 Å². The molecule has 332 valence electrons. The predicted octanol–water partition coefficient (Wildman–Crippen LogP) is 10.7. The van der Waals surface area contributed by atoms with Gasteiger partial charge in [0.25, 0.3) is 0 Å². The van der Waals surface area contributed by atoms with Gasteiger partial charge in [-0.25, -0.2) is 19.2 Å². The number of unbranched alkanes of at least 4 members (excludes halogenated alkanes) is 6. The lowest BCUT2D eigenvalue weighted by Crippen LogP contribution is -2.21. The summed E-state index contributed by atoms with van der Waals surface area (Å²) in [5, 5.41) is 0. The maximum absolute atomic E-state index is 14.3. The van der Waals surface area contributed by atoms with Crippen molar-refractivity contribution < 1.29 is 87.1 Å². The van der Waals surface area contributed by atoms with E-state index in [1.807, 2.05) is 0 Å². The average Bonchev–Trinajstić information content (AvgIpc) is 3.19. The predicted molar refractivity (Wildman–Crippen MR) is 199 cm³/mol. The normalized spacial score (nSPS) is 11.6. The van der Waals surface area contributed by atoms with Gasteiger partial charge in [-0.05, 0) is 119 Å². The number of ether oxygens (including phenoxy) is 6. The van der Waals surface area contributed by atoms with Crippen molar-refractivity contribution in [2.75, 3.05) is 26.4 Å². The minimum absolute atomic E-state index is 0.0108. The first-order valence-electron chi connectivity index (χ1n) is 18.6. The zero-order valence-electron chi connectivity index (χ0n) is 32.7. The molecule has 0 radical (unpaired) electrons. The summed E-state index contributed by atoms with van der Waals surface area (Å²) < 4.78 is 148. The molecular weight excluding hydrogens is 835 g/mol. The third-order valence-electron chi connectivity index (χ3n) is 8.50. The number of halogens is 9. The van der Waals surface area contributed by atoms with Crippen LogP contribution in [0.5, 0.6) is 23.0 Å². The van der Waals surface area contributed by atoms with E-state index in [1.165, 1.54) is 48.5 Å². The molecule has 0 aliphatic heterocycles. The first-order valence-corrected chi connectivity index (χ1v) is 18.6. The Kier molecular flexibility index (Phi) is 18.2. The molecule has 0 aliphatic carbocycles. The van der Waals surface area contributed by atoms with Gasteiger partial charge >= 0.3 is 42.4 Å². The fourth-order valence-electron chi connectivity index (χ4n) is 5.14. The van der Waals surface area contributed by atoms with Crippen LogP contribution in [-0.4, -0.2) is 62.7 Å². The molecule has 3 aromatic rings. The van der Waals surface area contributed by atoms with Crippen molar-refractivity contribution in [1.82, 2.24) is 0 Å². The molecule has 0 amide bonds. The van der Waals surface area contributed by atoms with Gasteiger partial charge in [0.05, 0.1) is 37.6 Å². The summed E-state index contributed by atoms with van der Waals surface area (Å²) in [6.07, 6.45) is -10.7. The van der Waals surface area contributed by atoms with Gasteiger partial charge in [0.1, 0.15) is 39.7 Å². The van der Waals surface area contributed by atoms with Crippen molar-refractivity contribution in [3.63, 3.8) is 0 Å². The fourth-order valence-corrected chi connectivity index (χ4v) is 5.14. The number of esters is 4. The van der Waals surface area contributed by atoms with E-state index in [0.29, 0.717) is 62.9 Å². The minimum Gasteiger partial charge on any atom is -0.494 e. The third-order valence-corrected chi connectivity index (χ3v) is 8.50. The van der Waals surface area contributed by atoms with Gasteiger partial charge in [-0.15, -0.1) is 0 Å². The lowest BCUT2D eigenvalue weighted by Gasteiger charge is -2.18. The van der Waals surface area contributed by atoms with Crippen molar-refractivity contribution in [3.8, 4) is 23.0 Å². The van der Waals surface area contributed by atoms with E-state index in [-0.39, 0.29) is 37.6 Å². The molecule has 0 N–H and O–H groups in total. The highest BCUT2D eigenvalue weighted by molar-refractivity contribution is 5.93. The number of hydrogen-bond donors (Lipinski definition) is 0. The molecule has 19 heteroatoms. The largest absolute Gasteiger partial charge is 0.494 e. The zero-order valence-corrected chi connectivity index (χ0v) is 32.7. The quantitative estimate of drug-likeness (QED) is 0.0317. The van der Waals surface area contributed by atoms with Gasteiger partial charge in [0, 0.05) is 5.56 Å². The maximum Gasteiger partial charge on any atom is 0.422 e. The van der Waals surface area contributed by atoms with Gasteiger partial charge in [-0.2, -0.15) is 39.5 Å². The summed E-state index contributed by atoms with van der Waals surface area (Å²) in [7, 11) is 0. The molecule has 10 nitrogen and oxygen atoms in total. The summed E-state index contributed by atoms with van der Waals surface area (Å²) in [6.45, 7) is 6.46. The topological polar surface area (TPSA) is 124 Å². The van der Waals surface area contributed by atoms with Gasteiger partial charge in [-0.1, -0.05) is 13.2 Å². The van der Waals surface area contributed by atoms with Crippen LogP contribution in [0.2, 0.25) is 0 Å². The molecule has 61 heavy (non-hydrogen) atoms. The van der Waals surface area contributed by atoms with Crippen LogP contribution in [0.3, 0.4) is 0 Å². The Labute approximate surface area is 344 Å². The molecule has 3 aromatic carbocycles. The van der Waals surface area contributed by atoms with E-state index < -0.39 is 76.2 Å². The van der Waals surface area contributed by atoms with E-state index in [2.05, 4.69) is 22.6 Å². The molecule has 0 atom stereocenters. The second kappa shape index (κ2) is 22.6. The lowest BCUT2D eigenvalue weighted by molar-refractivity contribution is -0.152. The number of alkyl halides is 9. The Morgan fingerprint density at radius 1 is 0.492 bits per heavy atom. The van der Waals surface area contributed by atoms with Crippen LogP contribution in [0.15, 0.2) is 85.0 Å². The second-order valence-corrected chi connectivity index (χ2v) is 13.1. The molecule has 0 saturated carbocycles. The first-order chi connectivity index (χ1) is 28.6. The van der Waals surface area contributed by atoms with Crippen LogP contribution in [0, 0.1) is 6.92 Å². The Morgan fingerprint density at radius 3 is 1.20 bits per heavy atom. The van der Waals surface area contributed by atoms with Crippen molar-refractivity contribution in [3.05, 3.63) is 107 Å². The molecule has 0 spiro atoms. The molecule has 0 fully saturated rings. The molecule has 3 rings (SSSR count). The van der Waals surface area contributed by atoms with Crippen molar-refractivity contribution in [2.45, 2.75) is 76.8 Å². The number of rotatable bonds is 22. The number of carbonyl (C=O) groups is 4. The van der Waals surface area contributed by atoms with E-state index >= 15 is 0 Å². The molecule has 0 bridgehead atoms. The van der Waals surface area contributed by atoms with Crippen LogP contribution >= 0.6 is 0 Å². The van der Waals surface area contributed by atoms with Crippen molar-refractivity contribution in [2.24, 2.45) is 0 Å². The molecule has 0 saturated heterocycles. The Morgan fingerprint density at radius 2 is 0.836 bits per heavy atom. The summed E-state index contributed by atoms with van der Waals surface area (Å²) >= 11 is 0. The monoisotopic (exact) mass is 876 g/mol. The summed E-state index contributed by atoms with van der Waals surface area (Å²) in [6, 6.07) is 12.9. The van der Waals surface area contributed by atoms with E-state index in [9.17, 15) is 58.7 Å². The Hall–Kier alpha value is -6.01. The number of benzene rings is 3. The summed E-state index contributed by atoms with van der Waals surface area (Å²) in [5.41, 5.74) is -5.13. The number of hydrogen-bond acceptors (Lipinski definition) is 10. The molecular formula is C42H41F9O10. The minimum atomic E-state index is -5.02. The highest BCUT2D eigenvalue weighted by Gasteiger charge is 2.40. The number of carbonyl (C=O) groups excluding carboxylic acids is 4. The van der Waals surface area contributed by atoms with Crippen LogP contribution in [0.1, 0.15) is 83.2 Å². The van der Waals surface area contributed by atoms with Crippen LogP contribution in [-0.2, 0) is 25.2 Å². The first kappa shape index (κ1) is 49.4. The second-order valence-electron chi connectivity index (χ2n) is 13.1. The van der Waals surface area contributed by atoms with E-state index in [1.54, 1.807) is 0 Å². The summed E-state index contributed by atoms with van der Waals surface area (Å²) in [5.74, 6) is -5.69. The molecule has 0 aromatic heterocycles. The smallest absolute Gasteiger partial charge is 0.422 e. The van der Waals surface area contributed by atoms with E-state index in [4.69, 9.17) is 18.9 Å². The Balaban J connectivity index is 1.44. The van der Waals surface area contributed by atoms with Crippen molar-refractivity contribution >= 4 is 23.9 Å². The standard InChI is InChI=1S/C42H41F9O10/c1-26-33(60-38(54)29-12-16-31(17-13-29)56-22-8-4-6-10-24-58-36(52)27(2)40(43,44)45)20-21-34(35(26)42(49,50)51)61-39(55)30-14-18-32(19-15-30)57-23-9-5-7-11-25-59-37(53)28(3)41(46,47)48/h12-21H,2-11,22-25H2,1H3. The van der Waals surface area contributed by atoms with Gasteiger partial charge < -0.3 is 28.4 Å². The fraction of sp³-hybridized carbons (Fsp3) is 0.381. The average molecular weight is 877 g/mol. The lowest BCUT2D eigenvalue weighted by atomic mass is 10.1. The van der Waals surface area contributed by atoms with Crippen LogP contribution in [0.4, 0.5) is 39.5 Å². The van der Waals surface area contributed by atoms with Gasteiger partial charge in [0.15, 0.2) is 0 Å². The highest BCUT2D eigenvalue weighted by Crippen LogP contribution is 2.42. The highest BCUT2D eigenvalue weighted by atomic mass is 19.4. The zero-order chi connectivity index (χ0) is 45.4. The van der Waals surface area contributed by atoms with Crippen molar-refractivity contribution in [1.29, 1.82) is 0 Å². The third kappa shape index (κ3) is 16.2. The van der Waals surface area contributed by atoms with Gasteiger partial charge in [0.2, 0.25) is 0 Å². The molecule has 0 aliphatic rings. The van der Waals surface area contributed by atoms with Gasteiger partial charge in [-0.3, -0.25) is 0 Å².